The molecule has 20 heteroatoms. The molecule has 0 rings (SSSR count). The second-order valence-corrected chi connectivity index (χ2v) is 17.1. The van der Waals surface area contributed by atoms with Gasteiger partial charge in [-0.05, 0) is 56.3 Å². The van der Waals surface area contributed by atoms with Crippen molar-refractivity contribution < 1.29 is 53.4 Å². The normalized spacial score (nSPS) is 16.3. The van der Waals surface area contributed by atoms with Crippen LogP contribution in [0.5, 0.6) is 0 Å². The Morgan fingerprint density at radius 3 is 1.39 bits per heavy atom. The van der Waals surface area contributed by atoms with Crippen molar-refractivity contribution in [3.63, 3.8) is 0 Å². The molecular weight excluding hydrogens is 795 g/mol. The van der Waals surface area contributed by atoms with Crippen molar-refractivity contribution in [1.82, 2.24) is 42.5 Å². The van der Waals surface area contributed by atoms with Gasteiger partial charge >= 0.3 is 5.97 Å². The number of carbonyl (C=O) groups excluding carboxylic acids is 8. The molecule has 350 valence electrons. The summed E-state index contributed by atoms with van der Waals surface area (Å²) in [6.07, 6.45) is -0.239. The van der Waals surface area contributed by atoms with Crippen molar-refractivity contribution >= 4 is 53.2 Å². The summed E-state index contributed by atoms with van der Waals surface area (Å²) in [5, 5.41) is 40.3. The lowest BCUT2D eigenvalue weighted by Crippen LogP contribution is -2.61. The van der Waals surface area contributed by atoms with Gasteiger partial charge in [0.1, 0.15) is 36.3 Å². The Hall–Kier alpha value is -4.85. The first-order valence-electron chi connectivity index (χ1n) is 21.3. The Labute approximate surface area is 360 Å². The van der Waals surface area contributed by atoms with Gasteiger partial charge in [-0.2, -0.15) is 0 Å². The van der Waals surface area contributed by atoms with Crippen LogP contribution in [0.15, 0.2) is 0 Å². The number of amides is 8. The highest BCUT2D eigenvalue weighted by atomic mass is 16.4. The second kappa shape index (κ2) is 27.9. The minimum Gasteiger partial charge on any atom is -0.480 e. The fourth-order valence-corrected chi connectivity index (χ4v) is 5.96. The van der Waals surface area contributed by atoms with Crippen LogP contribution in [-0.4, -0.2) is 125 Å². The lowest BCUT2D eigenvalue weighted by molar-refractivity contribution is -0.144. The van der Waals surface area contributed by atoms with E-state index >= 15 is 0 Å². The molecule has 8 amide bonds. The minimum absolute atomic E-state index is 0.0775. The molecule has 0 aromatic carbocycles. The Bertz CT molecular complexity index is 1490. The van der Waals surface area contributed by atoms with Gasteiger partial charge in [0.25, 0.3) is 0 Å². The molecule has 10 atom stereocenters. The van der Waals surface area contributed by atoms with E-state index in [0.717, 1.165) is 0 Å². The number of carbonyl (C=O) groups is 9. The number of rotatable bonds is 28. The largest absolute Gasteiger partial charge is 0.480 e. The number of aliphatic carboxylic acids is 1. The summed E-state index contributed by atoms with van der Waals surface area (Å²) < 4.78 is 0. The number of hydrogen-bond donors (Lipinski definition) is 11. The summed E-state index contributed by atoms with van der Waals surface area (Å²) in [6.45, 7) is 19.7. The number of carboxylic acid groups (broad SMARTS) is 1. The average Bonchev–Trinajstić information content (AvgIpc) is 3.16. The first-order valence-corrected chi connectivity index (χ1v) is 21.3. The topological polar surface area (TPSA) is 316 Å². The first-order chi connectivity index (χ1) is 28.3. The molecule has 0 aliphatic rings. The van der Waals surface area contributed by atoms with E-state index in [4.69, 9.17) is 5.73 Å². The monoisotopic (exact) mass is 870 g/mol. The molecule has 0 aliphatic carbocycles. The molecule has 0 aromatic rings. The fourth-order valence-electron chi connectivity index (χ4n) is 5.96. The smallest absolute Gasteiger partial charge is 0.326 e. The summed E-state index contributed by atoms with van der Waals surface area (Å²) >= 11 is 0. The third-order valence-electron chi connectivity index (χ3n) is 10.1. The van der Waals surface area contributed by atoms with E-state index in [1.807, 2.05) is 20.8 Å². The molecule has 0 heterocycles. The zero-order chi connectivity index (χ0) is 47.3. The van der Waals surface area contributed by atoms with E-state index in [1.165, 1.54) is 13.8 Å². The maximum Gasteiger partial charge on any atom is 0.326 e. The molecule has 0 aliphatic heterocycles. The molecule has 0 saturated carbocycles. The second-order valence-electron chi connectivity index (χ2n) is 17.1. The summed E-state index contributed by atoms with van der Waals surface area (Å²) in [5.41, 5.74) is 5.63. The average molecular weight is 870 g/mol. The van der Waals surface area contributed by atoms with Gasteiger partial charge in [0.2, 0.25) is 47.3 Å². The molecule has 0 bridgehead atoms. The maximum atomic E-state index is 13.7. The predicted octanol–water partition coefficient (Wildman–Crippen LogP) is -0.829. The summed E-state index contributed by atoms with van der Waals surface area (Å²) in [5.74, 6) is -8.03. The summed E-state index contributed by atoms with van der Waals surface area (Å²) in [4.78, 5) is 116. The van der Waals surface area contributed by atoms with E-state index in [1.54, 1.807) is 48.5 Å². The van der Waals surface area contributed by atoms with Crippen LogP contribution in [0.25, 0.3) is 0 Å². The molecule has 20 nitrogen and oxygen atoms in total. The third kappa shape index (κ3) is 21.0. The number of aliphatic hydroxyl groups is 1. The number of carboxylic acids is 1. The van der Waals surface area contributed by atoms with Gasteiger partial charge in [0.05, 0.1) is 18.7 Å². The highest BCUT2D eigenvalue weighted by Crippen LogP contribution is 2.13. The van der Waals surface area contributed by atoms with Crippen molar-refractivity contribution in [2.75, 3.05) is 13.1 Å². The Morgan fingerprint density at radius 2 is 0.951 bits per heavy atom. The molecule has 0 unspecified atom stereocenters. The van der Waals surface area contributed by atoms with Crippen molar-refractivity contribution in [2.45, 2.75) is 164 Å². The molecule has 0 fully saturated rings. The van der Waals surface area contributed by atoms with Gasteiger partial charge in [-0.1, -0.05) is 82.1 Å². The van der Waals surface area contributed by atoms with Crippen LogP contribution in [0.1, 0.15) is 115 Å². The van der Waals surface area contributed by atoms with Crippen molar-refractivity contribution in [3.05, 3.63) is 0 Å². The Kier molecular flexibility index (Phi) is 25.7. The van der Waals surface area contributed by atoms with Crippen LogP contribution in [-0.2, 0) is 43.2 Å². The van der Waals surface area contributed by atoms with Gasteiger partial charge in [-0.3, -0.25) is 38.4 Å². The highest BCUT2D eigenvalue weighted by molar-refractivity contribution is 5.96. The molecule has 0 aromatic heterocycles. The number of aliphatic hydroxyl groups excluding tert-OH is 1. The maximum absolute atomic E-state index is 13.7. The van der Waals surface area contributed by atoms with Gasteiger partial charge < -0.3 is 58.5 Å². The quantitative estimate of drug-likeness (QED) is 0.0459. The van der Waals surface area contributed by atoms with Crippen LogP contribution in [0.3, 0.4) is 0 Å². The van der Waals surface area contributed by atoms with E-state index in [0.29, 0.717) is 19.3 Å². The molecule has 61 heavy (non-hydrogen) atoms. The summed E-state index contributed by atoms with van der Waals surface area (Å²) in [6, 6.07) is -7.93. The fraction of sp³-hybridized carbons (Fsp3) is 0.780. The van der Waals surface area contributed by atoms with Crippen molar-refractivity contribution in [2.24, 2.45) is 35.3 Å². The van der Waals surface area contributed by atoms with Gasteiger partial charge in [0.15, 0.2) is 0 Å². The van der Waals surface area contributed by atoms with Gasteiger partial charge in [0, 0.05) is 13.0 Å². The molecule has 0 saturated heterocycles. The SMILES string of the molecule is CC[C@H](C)[C@H](NC(=O)CCNC(=O)[C@H](CC(C)C)NC(=O)[C@H](C)N)C(=O)NCC(=O)N[C@H](C(=O)N[C@@H](CC(C)C)C(=O)N[C@H](C(=O)N[C@H](C(=O)O)C(C)C)[C@@H](C)O)[C@@H](C)CC. The highest BCUT2D eigenvalue weighted by Gasteiger charge is 2.35. The first kappa shape index (κ1) is 56.1. The van der Waals surface area contributed by atoms with E-state index < -0.39 is 120 Å². The number of hydrogen-bond acceptors (Lipinski definition) is 11. The molecule has 12 N–H and O–H groups in total. The third-order valence-corrected chi connectivity index (χ3v) is 10.1. The Morgan fingerprint density at radius 1 is 0.508 bits per heavy atom. The van der Waals surface area contributed by atoms with E-state index in [9.17, 15) is 53.4 Å². The lowest BCUT2D eigenvalue weighted by atomic mass is 9.96. The number of nitrogens with two attached hydrogens (primary N) is 1. The van der Waals surface area contributed by atoms with Gasteiger partial charge in [-0.15, -0.1) is 0 Å². The van der Waals surface area contributed by atoms with Crippen molar-refractivity contribution in [3.8, 4) is 0 Å². The van der Waals surface area contributed by atoms with Crippen LogP contribution in [0.4, 0.5) is 0 Å². The molecule has 0 spiro atoms. The standard InChI is InChI=1S/C41H75N9O11/c1-13-23(9)32(47-29(52)15-16-43-36(55)27(17-20(3)4)45-35(54)25(11)42)38(57)44-19-30(53)48-33(24(10)14-2)39(58)46-28(18-21(5)6)37(56)50-34(26(12)51)40(59)49-31(22(7)8)41(60)61/h20-28,31-34,51H,13-19,42H2,1-12H3,(H,43,55)(H,44,57)(H,45,54)(H,46,58)(H,47,52)(H,48,53)(H,49,59)(H,50,56)(H,60,61)/t23-,24-,25-,26+,27-,28-,31-,32-,33-,34-/m0/s1. The minimum atomic E-state index is -1.55. The zero-order valence-corrected chi connectivity index (χ0v) is 38.1. The van der Waals surface area contributed by atoms with Crippen LogP contribution in [0.2, 0.25) is 0 Å². The lowest BCUT2D eigenvalue weighted by Gasteiger charge is -2.29. The Balaban J connectivity index is 5.76. The predicted molar refractivity (Wildman–Crippen MR) is 228 cm³/mol. The van der Waals surface area contributed by atoms with Crippen molar-refractivity contribution in [1.29, 1.82) is 0 Å². The van der Waals surface area contributed by atoms with Crippen LogP contribution >= 0.6 is 0 Å². The van der Waals surface area contributed by atoms with Gasteiger partial charge in [-0.25, -0.2) is 4.79 Å². The van der Waals surface area contributed by atoms with E-state index in [-0.39, 0.29) is 37.1 Å². The summed E-state index contributed by atoms with van der Waals surface area (Å²) in [7, 11) is 0. The van der Waals surface area contributed by atoms with Crippen LogP contribution in [0, 0.1) is 29.6 Å². The van der Waals surface area contributed by atoms with Crippen LogP contribution < -0.4 is 48.3 Å². The molecular formula is C41H75N9O11. The molecule has 0 radical (unpaired) electrons. The zero-order valence-electron chi connectivity index (χ0n) is 38.1. The number of nitrogens with one attached hydrogen (secondary N) is 8. The van der Waals surface area contributed by atoms with E-state index in [2.05, 4.69) is 42.5 Å².